The molecule has 5 aliphatic rings. The SMILES string of the molecule is COc1cc(O)c2c3c1C[C@@H]1[C@@H]4CC[C@@H](NCCCC(=O)O)[C@H](O2)[C@]34CCN1CC1CC1.Cl.Cl. The fourth-order valence-corrected chi connectivity index (χ4v) is 7.45. The summed E-state index contributed by atoms with van der Waals surface area (Å²) < 4.78 is 12.4. The molecule has 2 saturated carbocycles. The van der Waals surface area contributed by atoms with Gasteiger partial charge in [0.2, 0.25) is 0 Å². The van der Waals surface area contributed by atoms with E-state index in [4.69, 9.17) is 14.6 Å². The number of hydrogen-bond acceptors (Lipinski definition) is 6. The number of phenolic OH excluding ortho intramolecular Hbond substituents is 1. The predicted octanol–water partition coefficient (Wildman–Crippen LogP) is 3.52. The predicted molar refractivity (Wildman–Crippen MR) is 133 cm³/mol. The van der Waals surface area contributed by atoms with Crippen molar-refractivity contribution in [2.45, 2.75) is 75.0 Å². The second kappa shape index (κ2) is 9.57. The van der Waals surface area contributed by atoms with Gasteiger partial charge in [0.25, 0.3) is 0 Å². The van der Waals surface area contributed by atoms with Crippen molar-refractivity contribution in [1.29, 1.82) is 0 Å². The van der Waals surface area contributed by atoms with Gasteiger partial charge in [-0.2, -0.15) is 0 Å². The Labute approximate surface area is 213 Å². The van der Waals surface area contributed by atoms with Gasteiger partial charge in [-0.25, -0.2) is 0 Å². The molecule has 0 radical (unpaired) electrons. The number of halogens is 2. The van der Waals surface area contributed by atoms with Crippen molar-refractivity contribution in [3.8, 4) is 17.2 Å². The average molecular weight is 515 g/mol. The first-order valence-corrected chi connectivity index (χ1v) is 12.3. The van der Waals surface area contributed by atoms with Crippen LogP contribution in [0.15, 0.2) is 6.07 Å². The van der Waals surface area contributed by atoms with E-state index in [2.05, 4.69) is 10.2 Å². The molecular formula is C25H36Cl2N2O5. The first-order valence-electron chi connectivity index (χ1n) is 12.3. The Morgan fingerprint density at radius 2 is 2.09 bits per heavy atom. The van der Waals surface area contributed by atoms with Crippen LogP contribution >= 0.6 is 24.8 Å². The number of likely N-dealkylation sites (tertiary alicyclic amines) is 1. The molecule has 6 rings (SSSR count). The van der Waals surface area contributed by atoms with Crippen LogP contribution in [0.25, 0.3) is 0 Å². The first-order chi connectivity index (χ1) is 15.5. The van der Waals surface area contributed by atoms with Crippen LogP contribution in [0.4, 0.5) is 0 Å². The fourth-order valence-electron chi connectivity index (χ4n) is 7.45. The maximum atomic E-state index is 10.9. The van der Waals surface area contributed by atoms with Crippen molar-refractivity contribution in [3.05, 3.63) is 17.2 Å². The number of aliphatic carboxylic acids is 1. The molecule has 190 valence electrons. The molecule has 3 aliphatic carbocycles. The number of nitrogens with one attached hydrogen (secondary N) is 1. The summed E-state index contributed by atoms with van der Waals surface area (Å²) in [5, 5.41) is 23.5. The molecule has 3 fully saturated rings. The van der Waals surface area contributed by atoms with Gasteiger partial charge in [-0.1, -0.05) is 0 Å². The van der Waals surface area contributed by atoms with Crippen LogP contribution in [0.5, 0.6) is 17.2 Å². The van der Waals surface area contributed by atoms with E-state index in [1.807, 2.05) is 0 Å². The quantitative estimate of drug-likeness (QED) is 0.457. The minimum Gasteiger partial charge on any atom is -0.504 e. The number of piperidine rings is 1. The summed E-state index contributed by atoms with van der Waals surface area (Å²) in [5.41, 5.74) is 2.35. The van der Waals surface area contributed by atoms with Crippen molar-refractivity contribution in [1.82, 2.24) is 10.2 Å². The smallest absolute Gasteiger partial charge is 0.303 e. The van der Waals surface area contributed by atoms with Gasteiger partial charge in [0.1, 0.15) is 11.9 Å². The molecule has 2 aliphatic heterocycles. The highest BCUT2D eigenvalue weighted by Gasteiger charge is 2.66. The van der Waals surface area contributed by atoms with E-state index in [1.165, 1.54) is 30.5 Å². The van der Waals surface area contributed by atoms with Crippen molar-refractivity contribution in [3.63, 3.8) is 0 Å². The number of ether oxygens (including phenoxy) is 2. The molecule has 1 aromatic carbocycles. The minimum absolute atomic E-state index is 0. The Balaban J connectivity index is 0.00000137. The largest absolute Gasteiger partial charge is 0.504 e. The van der Waals surface area contributed by atoms with E-state index in [9.17, 15) is 9.90 Å². The zero-order valence-electron chi connectivity index (χ0n) is 19.6. The van der Waals surface area contributed by atoms with Crippen LogP contribution in [0, 0.1) is 11.8 Å². The normalized spacial score (nSPS) is 32.6. The van der Waals surface area contributed by atoms with Gasteiger partial charge in [0.05, 0.1) is 7.11 Å². The Morgan fingerprint density at radius 3 is 2.79 bits per heavy atom. The van der Waals surface area contributed by atoms with Gasteiger partial charge >= 0.3 is 5.97 Å². The van der Waals surface area contributed by atoms with Gasteiger partial charge in [0, 0.05) is 47.7 Å². The summed E-state index contributed by atoms with van der Waals surface area (Å²) in [7, 11) is 1.69. The van der Waals surface area contributed by atoms with Gasteiger partial charge in [-0.15, -0.1) is 24.8 Å². The van der Waals surface area contributed by atoms with E-state index in [0.29, 0.717) is 30.7 Å². The van der Waals surface area contributed by atoms with Crippen molar-refractivity contribution < 1.29 is 24.5 Å². The zero-order valence-corrected chi connectivity index (χ0v) is 21.3. The van der Waals surface area contributed by atoms with Crippen LogP contribution in [0.3, 0.4) is 0 Å². The first kappa shape index (κ1) is 25.7. The standard InChI is InChI=1S/C25H34N2O5.2ClH/c1-31-20-12-19(28)23-22-15(20)11-18-16-6-7-17(26-9-2-3-21(29)30)24(32-23)25(16,22)8-10-27(18)13-14-4-5-14;;/h12,14,16-18,24,26,28H,2-11,13H2,1H3,(H,29,30);2*1H/t16-,17+,18+,24-,25-;;/m0../s1. The second-order valence-electron chi connectivity index (χ2n) is 10.6. The number of hydrogen-bond donors (Lipinski definition) is 3. The molecular weight excluding hydrogens is 479 g/mol. The number of carboxylic acids is 1. The molecule has 2 bridgehead atoms. The van der Waals surface area contributed by atoms with Gasteiger partial charge < -0.3 is 25.0 Å². The minimum atomic E-state index is -0.751. The maximum Gasteiger partial charge on any atom is 0.303 e. The van der Waals surface area contributed by atoms with Crippen molar-refractivity contribution >= 4 is 30.8 Å². The Bertz CT molecular complexity index is 942. The number of methoxy groups -OCH3 is 1. The molecule has 34 heavy (non-hydrogen) atoms. The molecule has 0 aromatic heterocycles. The summed E-state index contributed by atoms with van der Waals surface area (Å²) in [6.07, 6.45) is 7.69. The fraction of sp³-hybridized carbons (Fsp3) is 0.720. The van der Waals surface area contributed by atoms with Crippen LogP contribution in [0.1, 0.15) is 56.1 Å². The highest BCUT2D eigenvalue weighted by Crippen LogP contribution is 2.65. The summed E-state index contributed by atoms with van der Waals surface area (Å²) in [6.45, 7) is 2.97. The molecule has 7 nitrogen and oxygen atoms in total. The van der Waals surface area contributed by atoms with E-state index in [-0.39, 0.29) is 54.5 Å². The molecule has 3 N–H and O–H groups in total. The monoisotopic (exact) mass is 514 g/mol. The Kier molecular flexibility index (Phi) is 7.22. The Morgan fingerprint density at radius 1 is 1.29 bits per heavy atom. The maximum absolute atomic E-state index is 10.9. The zero-order chi connectivity index (χ0) is 22.0. The number of aromatic hydroxyl groups is 1. The average Bonchev–Trinajstić information content (AvgIpc) is 3.52. The number of rotatable bonds is 8. The van der Waals surface area contributed by atoms with E-state index < -0.39 is 5.97 Å². The van der Waals surface area contributed by atoms with E-state index >= 15 is 0 Å². The molecule has 9 heteroatoms. The number of benzene rings is 1. The van der Waals surface area contributed by atoms with E-state index in [1.54, 1.807) is 13.2 Å². The van der Waals surface area contributed by atoms with Crippen LogP contribution in [-0.2, 0) is 16.6 Å². The third kappa shape index (κ3) is 3.83. The van der Waals surface area contributed by atoms with Crippen LogP contribution in [-0.4, -0.2) is 66.0 Å². The van der Waals surface area contributed by atoms with E-state index in [0.717, 1.165) is 43.9 Å². The molecule has 0 amide bonds. The number of carboxylic acid groups (broad SMARTS) is 1. The molecule has 2 heterocycles. The van der Waals surface area contributed by atoms with Crippen molar-refractivity contribution in [2.24, 2.45) is 11.8 Å². The lowest BCUT2D eigenvalue weighted by molar-refractivity contribution is -0.137. The van der Waals surface area contributed by atoms with Gasteiger partial charge in [0.15, 0.2) is 11.5 Å². The third-order valence-corrected chi connectivity index (χ3v) is 8.90. The van der Waals surface area contributed by atoms with Gasteiger partial charge in [-0.3, -0.25) is 9.69 Å². The summed E-state index contributed by atoms with van der Waals surface area (Å²) in [4.78, 5) is 13.7. The number of carbonyl (C=O) groups is 1. The lowest BCUT2D eigenvalue weighted by Crippen LogP contribution is -2.68. The second-order valence-corrected chi connectivity index (χ2v) is 10.6. The van der Waals surface area contributed by atoms with Crippen LogP contribution < -0.4 is 14.8 Å². The van der Waals surface area contributed by atoms with Crippen molar-refractivity contribution in [2.75, 3.05) is 26.7 Å². The summed E-state index contributed by atoms with van der Waals surface area (Å²) in [6, 6.07) is 2.40. The molecule has 5 atom stereocenters. The number of phenols is 1. The Hall–Kier alpha value is -1.41. The highest BCUT2D eigenvalue weighted by molar-refractivity contribution is 5.85. The van der Waals surface area contributed by atoms with Crippen LogP contribution in [0.2, 0.25) is 0 Å². The molecule has 1 aromatic rings. The number of nitrogens with zero attached hydrogens (tertiary/aromatic N) is 1. The highest BCUT2D eigenvalue weighted by atomic mass is 35.5. The molecule has 1 saturated heterocycles. The van der Waals surface area contributed by atoms with Gasteiger partial charge in [-0.05, 0) is 69.9 Å². The summed E-state index contributed by atoms with van der Waals surface area (Å²) in [5.74, 6) is 2.29. The lowest BCUT2D eigenvalue weighted by Gasteiger charge is -2.59. The third-order valence-electron chi connectivity index (χ3n) is 8.90. The lowest BCUT2D eigenvalue weighted by atomic mass is 9.51. The molecule has 1 spiro atoms. The topological polar surface area (TPSA) is 91.3 Å². The molecule has 0 unspecified atom stereocenters. The summed E-state index contributed by atoms with van der Waals surface area (Å²) >= 11 is 0.